The van der Waals surface area contributed by atoms with Crippen molar-refractivity contribution in [2.75, 3.05) is 5.32 Å². The highest BCUT2D eigenvalue weighted by Crippen LogP contribution is 2.10. The number of nitrogens with one attached hydrogen (secondary N) is 2. The summed E-state index contributed by atoms with van der Waals surface area (Å²) in [6, 6.07) is 3.28. The smallest absolute Gasteiger partial charge is 0.413 e. The van der Waals surface area contributed by atoms with Crippen LogP contribution in [-0.4, -0.2) is 21.9 Å². The largest absolute Gasteiger partial charge is 0.444 e. The maximum atomic E-state index is 11.3. The van der Waals surface area contributed by atoms with Crippen LogP contribution < -0.4 is 5.32 Å². The van der Waals surface area contributed by atoms with Gasteiger partial charge in [-0.3, -0.25) is 10.4 Å². The van der Waals surface area contributed by atoms with E-state index in [4.69, 9.17) is 10.00 Å². The first-order valence-electron chi connectivity index (χ1n) is 4.36. The maximum Gasteiger partial charge on any atom is 0.413 e. The fourth-order valence-corrected chi connectivity index (χ4v) is 0.851. The van der Waals surface area contributed by atoms with Crippen molar-refractivity contribution in [2.45, 2.75) is 26.4 Å². The van der Waals surface area contributed by atoms with Gasteiger partial charge in [-0.1, -0.05) is 0 Å². The van der Waals surface area contributed by atoms with Crippen molar-refractivity contribution in [3.05, 3.63) is 11.8 Å². The molecule has 1 heterocycles. The first-order chi connectivity index (χ1) is 6.90. The predicted octanol–water partition coefficient (Wildman–Crippen LogP) is 1.63. The molecule has 0 aliphatic heterocycles. The maximum absolute atomic E-state index is 11.3. The Bertz CT molecular complexity index is 397. The Hall–Kier alpha value is -2.03. The van der Waals surface area contributed by atoms with Crippen LogP contribution in [0, 0.1) is 11.3 Å². The second-order valence-corrected chi connectivity index (χ2v) is 3.91. The van der Waals surface area contributed by atoms with E-state index >= 15 is 0 Å². The van der Waals surface area contributed by atoms with Gasteiger partial charge in [0.05, 0.1) is 0 Å². The highest BCUT2D eigenvalue weighted by atomic mass is 16.6. The van der Waals surface area contributed by atoms with Gasteiger partial charge in [0.2, 0.25) is 0 Å². The molecule has 6 heteroatoms. The number of H-pyrrole nitrogens is 1. The van der Waals surface area contributed by atoms with Crippen LogP contribution in [0.1, 0.15) is 26.5 Å². The van der Waals surface area contributed by atoms with Crippen molar-refractivity contribution in [1.82, 2.24) is 10.2 Å². The lowest BCUT2D eigenvalue weighted by Gasteiger charge is -2.18. The molecule has 0 fully saturated rings. The number of ether oxygens (including phenoxy) is 1. The number of aromatic nitrogens is 2. The minimum atomic E-state index is -0.599. The van der Waals surface area contributed by atoms with Crippen molar-refractivity contribution in [1.29, 1.82) is 5.26 Å². The number of nitriles is 1. The van der Waals surface area contributed by atoms with E-state index in [1.807, 2.05) is 6.07 Å². The Kier molecular flexibility index (Phi) is 2.95. The van der Waals surface area contributed by atoms with E-state index in [9.17, 15) is 4.79 Å². The van der Waals surface area contributed by atoms with E-state index in [2.05, 4.69) is 15.5 Å². The van der Waals surface area contributed by atoms with Gasteiger partial charge in [-0.25, -0.2) is 4.79 Å². The molecular formula is C9H12N4O2. The molecule has 0 spiro atoms. The number of hydrogen-bond acceptors (Lipinski definition) is 4. The third-order valence-electron chi connectivity index (χ3n) is 1.33. The average Bonchev–Trinajstić information content (AvgIpc) is 2.48. The van der Waals surface area contributed by atoms with Crippen LogP contribution in [-0.2, 0) is 4.74 Å². The van der Waals surface area contributed by atoms with Crippen LogP contribution >= 0.6 is 0 Å². The molecule has 1 aromatic rings. The number of aromatic amines is 1. The number of hydrogen-bond donors (Lipinski definition) is 2. The zero-order valence-corrected chi connectivity index (χ0v) is 8.79. The van der Waals surface area contributed by atoms with E-state index in [0.717, 1.165) is 0 Å². The zero-order valence-electron chi connectivity index (χ0n) is 8.79. The Balaban J connectivity index is 2.56. The molecule has 15 heavy (non-hydrogen) atoms. The van der Waals surface area contributed by atoms with Gasteiger partial charge in [0.25, 0.3) is 0 Å². The van der Waals surface area contributed by atoms with Crippen LogP contribution in [0.4, 0.5) is 10.6 Å². The van der Waals surface area contributed by atoms with Crippen LogP contribution in [0.25, 0.3) is 0 Å². The summed E-state index contributed by atoms with van der Waals surface area (Å²) >= 11 is 0. The van der Waals surface area contributed by atoms with Crippen LogP contribution in [0.15, 0.2) is 6.07 Å². The van der Waals surface area contributed by atoms with Gasteiger partial charge in [0, 0.05) is 6.07 Å². The Labute approximate surface area is 87.2 Å². The molecule has 1 rings (SSSR count). The summed E-state index contributed by atoms with van der Waals surface area (Å²) in [4.78, 5) is 11.3. The van der Waals surface area contributed by atoms with Crippen molar-refractivity contribution < 1.29 is 9.53 Å². The highest BCUT2D eigenvalue weighted by Gasteiger charge is 2.16. The lowest BCUT2D eigenvalue weighted by Crippen LogP contribution is -2.27. The summed E-state index contributed by atoms with van der Waals surface area (Å²) in [7, 11) is 0. The van der Waals surface area contributed by atoms with Crippen molar-refractivity contribution >= 4 is 11.9 Å². The molecule has 0 aliphatic rings. The molecule has 0 atom stereocenters. The van der Waals surface area contributed by atoms with Crippen molar-refractivity contribution in [3.8, 4) is 6.07 Å². The highest BCUT2D eigenvalue weighted by molar-refractivity contribution is 5.83. The molecule has 1 aromatic heterocycles. The zero-order chi connectivity index (χ0) is 11.5. The van der Waals surface area contributed by atoms with Crippen molar-refractivity contribution in [2.24, 2.45) is 0 Å². The lowest BCUT2D eigenvalue weighted by molar-refractivity contribution is 0.0635. The molecule has 0 aliphatic carbocycles. The number of carbonyl (C=O) groups excluding carboxylic acids is 1. The predicted molar refractivity (Wildman–Crippen MR) is 53.2 cm³/mol. The number of carbonyl (C=O) groups is 1. The first kappa shape index (κ1) is 11.0. The fourth-order valence-electron chi connectivity index (χ4n) is 0.851. The lowest BCUT2D eigenvalue weighted by atomic mass is 10.2. The summed E-state index contributed by atoms with van der Waals surface area (Å²) in [5.41, 5.74) is -0.278. The van der Waals surface area contributed by atoms with E-state index in [1.165, 1.54) is 6.07 Å². The summed E-state index contributed by atoms with van der Waals surface area (Å²) in [5.74, 6) is 0.265. The molecule has 0 unspecified atom stereocenters. The third-order valence-corrected chi connectivity index (χ3v) is 1.33. The topological polar surface area (TPSA) is 90.8 Å². The van der Waals surface area contributed by atoms with E-state index in [1.54, 1.807) is 20.8 Å². The first-order valence-corrected chi connectivity index (χ1v) is 4.36. The molecule has 1 amide bonds. The van der Waals surface area contributed by atoms with Crippen molar-refractivity contribution in [3.63, 3.8) is 0 Å². The number of amides is 1. The van der Waals surface area contributed by atoms with Gasteiger partial charge >= 0.3 is 6.09 Å². The molecular weight excluding hydrogens is 196 g/mol. The fraction of sp³-hybridized carbons (Fsp3) is 0.444. The van der Waals surface area contributed by atoms with Crippen LogP contribution in [0.2, 0.25) is 0 Å². The average molecular weight is 208 g/mol. The summed E-state index contributed by atoms with van der Waals surface area (Å²) < 4.78 is 5.00. The second-order valence-electron chi connectivity index (χ2n) is 3.91. The summed E-state index contributed by atoms with van der Waals surface area (Å²) in [6.45, 7) is 5.29. The molecule has 0 aromatic carbocycles. The number of anilines is 1. The monoisotopic (exact) mass is 208 g/mol. The quantitative estimate of drug-likeness (QED) is 0.733. The van der Waals surface area contributed by atoms with Crippen LogP contribution in [0.5, 0.6) is 0 Å². The standard InChI is InChI=1S/C9H12N4O2/c1-9(2,3)15-8(14)11-7-4-6(5-10)12-13-7/h4H,1-3H3,(H2,11,12,13,14). The molecule has 6 nitrogen and oxygen atoms in total. The van der Waals surface area contributed by atoms with E-state index < -0.39 is 11.7 Å². The van der Waals surface area contributed by atoms with Gasteiger partial charge in [-0.15, -0.1) is 0 Å². The van der Waals surface area contributed by atoms with Crippen LogP contribution in [0.3, 0.4) is 0 Å². The van der Waals surface area contributed by atoms with Gasteiger partial charge in [0.15, 0.2) is 5.82 Å². The second kappa shape index (κ2) is 4.00. The Morgan fingerprint density at radius 3 is 2.80 bits per heavy atom. The minimum Gasteiger partial charge on any atom is -0.444 e. The van der Waals surface area contributed by atoms with Gasteiger partial charge in [-0.05, 0) is 20.8 Å². The van der Waals surface area contributed by atoms with Gasteiger partial charge < -0.3 is 4.74 Å². The molecule has 0 bridgehead atoms. The van der Waals surface area contributed by atoms with E-state index in [0.29, 0.717) is 0 Å². The number of nitrogens with zero attached hydrogens (tertiary/aromatic N) is 2. The van der Waals surface area contributed by atoms with E-state index in [-0.39, 0.29) is 11.5 Å². The molecule has 0 radical (unpaired) electrons. The Morgan fingerprint density at radius 2 is 2.33 bits per heavy atom. The van der Waals surface area contributed by atoms with Gasteiger partial charge in [-0.2, -0.15) is 10.4 Å². The normalized spacial score (nSPS) is 10.5. The number of rotatable bonds is 1. The summed E-state index contributed by atoms with van der Waals surface area (Å²) in [5, 5.41) is 17.0. The summed E-state index contributed by atoms with van der Waals surface area (Å²) in [6.07, 6.45) is -0.599. The molecule has 0 saturated heterocycles. The SMILES string of the molecule is CC(C)(C)OC(=O)Nc1cc(C#N)[nH]n1. The molecule has 80 valence electrons. The third kappa shape index (κ3) is 3.68. The minimum absolute atomic E-state index is 0.265. The molecule has 2 N–H and O–H groups in total. The molecule has 0 saturated carbocycles. The van der Waals surface area contributed by atoms with Gasteiger partial charge in [0.1, 0.15) is 17.4 Å². The Morgan fingerprint density at radius 1 is 1.67 bits per heavy atom.